The van der Waals surface area contributed by atoms with Crippen molar-refractivity contribution in [2.24, 2.45) is 0 Å². The van der Waals surface area contributed by atoms with Crippen LogP contribution in [0.15, 0.2) is 12.3 Å². The fourth-order valence-electron chi connectivity index (χ4n) is 0.474. The molecular weight excluding hydrogens is 162 g/mol. The zero-order chi connectivity index (χ0) is 5.98. The van der Waals surface area contributed by atoms with Gasteiger partial charge in [-0.3, -0.25) is 9.59 Å². The summed E-state index contributed by atoms with van der Waals surface area (Å²) in [5.41, 5.74) is 0. The van der Waals surface area contributed by atoms with Gasteiger partial charge in [0, 0.05) is 29.7 Å². The SMILES string of the molecule is O=C1CC=CNC1=O.[Fe]. The Balaban J connectivity index is 0.000000640. The third-order valence-corrected chi connectivity index (χ3v) is 0.889. The quantitative estimate of drug-likeness (QED) is 0.393. The molecule has 1 aliphatic rings. The van der Waals surface area contributed by atoms with Gasteiger partial charge >= 0.3 is 0 Å². The minimum absolute atomic E-state index is 0. The van der Waals surface area contributed by atoms with Crippen LogP contribution in [-0.2, 0) is 26.7 Å². The zero-order valence-electron chi connectivity index (χ0n) is 4.53. The van der Waals surface area contributed by atoms with Crippen LogP contribution >= 0.6 is 0 Å². The third kappa shape index (κ3) is 1.99. The van der Waals surface area contributed by atoms with E-state index in [1.54, 1.807) is 6.08 Å². The van der Waals surface area contributed by atoms with Crippen molar-refractivity contribution >= 4 is 11.7 Å². The second-order valence-electron chi connectivity index (χ2n) is 1.50. The van der Waals surface area contributed by atoms with Gasteiger partial charge < -0.3 is 5.32 Å². The van der Waals surface area contributed by atoms with Crippen LogP contribution in [0.2, 0.25) is 0 Å². The monoisotopic (exact) mass is 167 g/mol. The van der Waals surface area contributed by atoms with Crippen molar-refractivity contribution in [1.29, 1.82) is 0 Å². The smallest absolute Gasteiger partial charge is 0.291 e. The Hall–Kier alpha value is -0.601. The summed E-state index contributed by atoms with van der Waals surface area (Å²) in [6.45, 7) is 0. The van der Waals surface area contributed by atoms with Crippen molar-refractivity contribution in [2.45, 2.75) is 6.42 Å². The summed E-state index contributed by atoms with van der Waals surface area (Å²) in [6, 6.07) is 0. The molecule has 0 aromatic rings. The number of hydrogen-bond acceptors (Lipinski definition) is 2. The molecule has 0 radical (unpaired) electrons. The second kappa shape index (κ2) is 3.43. The van der Waals surface area contributed by atoms with E-state index in [-0.39, 0.29) is 29.3 Å². The molecule has 0 aromatic carbocycles. The molecule has 0 spiro atoms. The number of hydrogen-bond donors (Lipinski definition) is 1. The van der Waals surface area contributed by atoms with Gasteiger partial charge in [-0.1, -0.05) is 6.08 Å². The Bertz CT molecular complexity index is 146. The van der Waals surface area contributed by atoms with Crippen molar-refractivity contribution in [3.8, 4) is 0 Å². The number of allylic oxidation sites excluding steroid dienone is 1. The normalized spacial score (nSPS) is 16.4. The van der Waals surface area contributed by atoms with Gasteiger partial charge in [-0.15, -0.1) is 0 Å². The summed E-state index contributed by atoms with van der Waals surface area (Å²) in [5, 5.41) is 2.26. The van der Waals surface area contributed by atoms with Crippen LogP contribution in [0, 0.1) is 0 Å². The van der Waals surface area contributed by atoms with E-state index in [4.69, 9.17) is 0 Å². The van der Waals surface area contributed by atoms with Crippen molar-refractivity contribution in [3.63, 3.8) is 0 Å². The maximum atomic E-state index is 10.3. The van der Waals surface area contributed by atoms with E-state index >= 15 is 0 Å². The summed E-state index contributed by atoms with van der Waals surface area (Å²) < 4.78 is 0. The van der Waals surface area contributed by atoms with E-state index in [1.165, 1.54) is 6.20 Å². The first-order valence-electron chi connectivity index (χ1n) is 2.29. The second-order valence-corrected chi connectivity index (χ2v) is 1.50. The van der Waals surface area contributed by atoms with Gasteiger partial charge in [0.15, 0.2) is 0 Å². The molecule has 50 valence electrons. The minimum atomic E-state index is -0.507. The average molecular weight is 167 g/mol. The summed E-state index contributed by atoms with van der Waals surface area (Å²) in [4.78, 5) is 20.6. The molecule has 0 saturated heterocycles. The van der Waals surface area contributed by atoms with Gasteiger partial charge in [-0.05, 0) is 0 Å². The van der Waals surface area contributed by atoms with E-state index in [2.05, 4.69) is 5.32 Å². The van der Waals surface area contributed by atoms with E-state index < -0.39 is 5.91 Å². The van der Waals surface area contributed by atoms with Crippen molar-refractivity contribution < 1.29 is 26.7 Å². The first-order chi connectivity index (χ1) is 3.80. The molecule has 0 fully saturated rings. The molecule has 0 aliphatic carbocycles. The van der Waals surface area contributed by atoms with E-state index in [1.807, 2.05) is 0 Å². The molecular formula is C5H5FeNO2. The number of rotatable bonds is 0. The topological polar surface area (TPSA) is 46.2 Å². The van der Waals surface area contributed by atoms with Gasteiger partial charge in [-0.25, -0.2) is 0 Å². The number of nitrogens with one attached hydrogen (secondary N) is 1. The summed E-state index contributed by atoms with van der Waals surface area (Å²) >= 11 is 0. The molecule has 1 N–H and O–H groups in total. The number of carbonyl (C=O) groups excluding carboxylic acids is 2. The standard InChI is InChI=1S/C5H5NO2.Fe/c7-4-2-1-3-6-5(4)8;/h1,3H,2H2,(H,6,8);. The number of carbonyl (C=O) groups is 2. The van der Waals surface area contributed by atoms with Gasteiger partial charge in [0.05, 0.1) is 0 Å². The Kier molecular flexibility index (Phi) is 3.20. The predicted octanol–water partition coefficient (Wildman–Crippen LogP) is -0.413. The van der Waals surface area contributed by atoms with Gasteiger partial charge in [-0.2, -0.15) is 0 Å². The molecule has 1 aliphatic heterocycles. The number of ketones is 1. The molecule has 4 heteroatoms. The average Bonchev–Trinajstić information content (AvgIpc) is 1.77. The maximum Gasteiger partial charge on any atom is 0.291 e. The predicted molar refractivity (Wildman–Crippen MR) is 26.9 cm³/mol. The van der Waals surface area contributed by atoms with E-state index in [9.17, 15) is 9.59 Å². The zero-order valence-corrected chi connectivity index (χ0v) is 5.64. The number of Topliss-reactive ketones (excluding diaryl/α,β-unsaturated/α-hetero) is 1. The molecule has 1 rings (SSSR count). The Morgan fingerprint density at radius 3 is 2.44 bits per heavy atom. The van der Waals surface area contributed by atoms with Crippen molar-refractivity contribution in [3.05, 3.63) is 12.3 Å². The largest absolute Gasteiger partial charge is 0.326 e. The van der Waals surface area contributed by atoms with Crippen LogP contribution in [0.1, 0.15) is 6.42 Å². The first kappa shape index (κ1) is 8.40. The molecule has 3 nitrogen and oxygen atoms in total. The van der Waals surface area contributed by atoms with Crippen LogP contribution in [0.25, 0.3) is 0 Å². The molecule has 0 unspecified atom stereocenters. The maximum absolute atomic E-state index is 10.3. The Morgan fingerprint density at radius 2 is 2.11 bits per heavy atom. The Labute approximate surface area is 63.0 Å². The fourth-order valence-corrected chi connectivity index (χ4v) is 0.474. The molecule has 9 heavy (non-hydrogen) atoms. The summed E-state index contributed by atoms with van der Waals surface area (Å²) in [6.07, 6.45) is 3.33. The first-order valence-corrected chi connectivity index (χ1v) is 2.29. The van der Waals surface area contributed by atoms with Crippen LogP contribution in [0.5, 0.6) is 0 Å². The van der Waals surface area contributed by atoms with Crippen LogP contribution in [0.3, 0.4) is 0 Å². The van der Waals surface area contributed by atoms with Crippen molar-refractivity contribution in [2.75, 3.05) is 0 Å². The summed E-state index contributed by atoms with van der Waals surface area (Å²) in [5.74, 6) is -0.875. The molecule has 0 saturated carbocycles. The van der Waals surface area contributed by atoms with Crippen LogP contribution < -0.4 is 5.32 Å². The minimum Gasteiger partial charge on any atom is -0.326 e. The Morgan fingerprint density at radius 1 is 1.44 bits per heavy atom. The molecule has 0 bridgehead atoms. The molecule has 1 heterocycles. The van der Waals surface area contributed by atoms with E-state index in [0.29, 0.717) is 0 Å². The van der Waals surface area contributed by atoms with Crippen LogP contribution in [-0.4, -0.2) is 11.7 Å². The molecule has 0 atom stereocenters. The van der Waals surface area contributed by atoms with Crippen LogP contribution in [0.4, 0.5) is 0 Å². The van der Waals surface area contributed by atoms with Gasteiger partial charge in [0.25, 0.3) is 5.91 Å². The summed E-state index contributed by atoms with van der Waals surface area (Å²) in [7, 11) is 0. The number of amides is 1. The molecule has 0 aromatic heterocycles. The third-order valence-electron chi connectivity index (χ3n) is 0.889. The van der Waals surface area contributed by atoms with Gasteiger partial charge in [0.2, 0.25) is 5.78 Å². The molecule has 1 amide bonds. The fraction of sp³-hybridized carbons (Fsp3) is 0.200. The van der Waals surface area contributed by atoms with Crippen molar-refractivity contribution in [1.82, 2.24) is 5.32 Å². The van der Waals surface area contributed by atoms with E-state index in [0.717, 1.165) is 0 Å². The van der Waals surface area contributed by atoms with Gasteiger partial charge in [0.1, 0.15) is 0 Å².